The van der Waals surface area contributed by atoms with Gasteiger partial charge in [0.25, 0.3) is 5.69 Å². The molecule has 0 unspecified atom stereocenters. The Morgan fingerprint density at radius 2 is 1.95 bits per heavy atom. The lowest BCUT2D eigenvalue weighted by Gasteiger charge is -2.06. The van der Waals surface area contributed by atoms with E-state index in [9.17, 15) is 20.2 Å². The zero-order chi connectivity index (χ0) is 15.4. The topological polar surface area (TPSA) is 126 Å². The first-order chi connectivity index (χ1) is 9.29. The minimum absolute atomic E-state index is 0.134. The fourth-order valence-electron chi connectivity index (χ4n) is 1.54. The number of hydrogen-bond acceptors (Lipinski definition) is 6. The van der Waals surface area contributed by atoms with Crippen molar-refractivity contribution in [3.05, 3.63) is 37.4 Å². The minimum atomic E-state index is -0.772. The number of nitro benzene ring substituents is 2. The van der Waals surface area contributed by atoms with E-state index in [1.165, 1.54) is 18.2 Å². The van der Waals surface area contributed by atoms with Crippen molar-refractivity contribution in [1.82, 2.24) is 4.90 Å². The van der Waals surface area contributed by atoms with E-state index in [4.69, 9.17) is 5.26 Å². The number of hydrogen-bond donors (Lipinski definition) is 0. The second-order valence-corrected chi connectivity index (χ2v) is 4.10. The number of nitrogens with zero attached hydrogens (tertiary/aromatic N) is 5. The fourth-order valence-corrected chi connectivity index (χ4v) is 1.54. The molecular weight excluding hydrogens is 266 g/mol. The molecule has 20 heavy (non-hydrogen) atoms. The first-order valence-corrected chi connectivity index (χ1v) is 5.36. The highest BCUT2D eigenvalue weighted by atomic mass is 16.6. The van der Waals surface area contributed by atoms with Gasteiger partial charge in [0.05, 0.1) is 21.7 Å². The maximum Gasteiger partial charge on any atom is 0.306 e. The monoisotopic (exact) mass is 277 g/mol. The Balaban J connectivity index is 3.73. The highest BCUT2D eigenvalue weighted by molar-refractivity contribution is 5.78. The lowest BCUT2D eigenvalue weighted by atomic mass is 10.1. The zero-order valence-electron chi connectivity index (χ0n) is 11.0. The summed E-state index contributed by atoms with van der Waals surface area (Å²) in [7, 11) is 3.30. The van der Waals surface area contributed by atoms with Crippen molar-refractivity contribution in [3.63, 3.8) is 0 Å². The second-order valence-electron chi connectivity index (χ2n) is 4.10. The van der Waals surface area contributed by atoms with Gasteiger partial charge in [-0.25, -0.2) is 4.99 Å². The van der Waals surface area contributed by atoms with E-state index in [0.29, 0.717) is 0 Å². The third kappa shape index (κ3) is 2.86. The predicted molar refractivity (Wildman–Crippen MR) is 71.0 cm³/mol. The normalized spacial score (nSPS) is 10.3. The molecule has 104 valence electrons. The maximum absolute atomic E-state index is 11.1. The maximum atomic E-state index is 11.1. The molecule has 0 aliphatic rings. The van der Waals surface area contributed by atoms with Crippen molar-refractivity contribution in [2.75, 3.05) is 14.1 Å². The molecule has 0 bridgehead atoms. The Labute approximate surface area is 114 Å². The predicted octanol–water partition coefficient (Wildman–Crippen LogP) is 1.90. The second kappa shape index (κ2) is 5.75. The van der Waals surface area contributed by atoms with Crippen molar-refractivity contribution in [3.8, 4) is 6.07 Å². The lowest BCUT2D eigenvalue weighted by molar-refractivity contribution is -0.394. The number of benzene rings is 1. The highest BCUT2D eigenvalue weighted by Gasteiger charge is 2.29. The molecule has 0 saturated heterocycles. The molecule has 0 aromatic heterocycles. The highest BCUT2D eigenvalue weighted by Crippen LogP contribution is 2.39. The summed E-state index contributed by atoms with van der Waals surface area (Å²) in [5, 5.41) is 31.0. The molecule has 0 saturated carbocycles. The van der Waals surface area contributed by atoms with Gasteiger partial charge in [0.2, 0.25) is 0 Å². The van der Waals surface area contributed by atoms with Crippen LogP contribution >= 0.6 is 0 Å². The van der Waals surface area contributed by atoms with E-state index >= 15 is 0 Å². The minimum Gasteiger partial charge on any atom is -0.369 e. The number of nitriles is 1. The molecule has 0 fully saturated rings. The third-order valence-electron chi connectivity index (χ3n) is 2.42. The molecule has 1 aromatic carbocycles. The van der Waals surface area contributed by atoms with Crippen molar-refractivity contribution in [2.45, 2.75) is 6.92 Å². The van der Waals surface area contributed by atoms with E-state index in [1.54, 1.807) is 20.2 Å². The van der Waals surface area contributed by atoms with E-state index < -0.39 is 21.2 Å². The summed E-state index contributed by atoms with van der Waals surface area (Å²) < 4.78 is 0. The van der Waals surface area contributed by atoms with Crippen LogP contribution in [-0.4, -0.2) is 35.2 Å². The van der Waals surface area contributed by atoms with Gasteiger partial charge in [-0.3, -0.25) is 20.2 Å². The Morgan fingerprint density at radius 1 is 1.35 bits per heavy atom. The molecule has 0 spiro atoms. The quantitative estimate of drug-likeness (QED) is 0.358. The molecule has 1 rings (SSSR count). The van der Waals surface area contributed by atoms with Gasteiger partial charge >= 0.3 is 5.69 Å². The van der Waals surface area contributed by atoms with E-state index in [-0.39, 0.29) is 16.8 Å². The van der Waals surface area contributed by atoms with Gasteiger partial charge < -0.3 is 4.90 Å². The van der Waals surface area contributed by atoms with E-state index in [1.807, 2.05) is 0 Å². The summed E-state index contributed by atoms with van der Waals surface area (Å²) in [4.78, 5) is 25.9. The van der Waals surface area contributed by atoms with Gasteiger partial charge in [-0.05, 0) is 6.92 Å². The summed E-state index contributed by atoms with van der Waals surface area (Å²) in [5.41, 5.74) is -1.54. The van der Waals surface area contributed by atoms with Crippen LogP contribution in [0.15, 0.2) is 11.1 Å². The van der Waals surface area contributed by atoms with Gasteiger partial charge in [-0.2, -0.15) is 5.26 Å². The molecule has 0 heterocycles. The molecule has 0 N–H and O–H groups in total. The van der Waals surface area contributed by atoms with Crippen LogP contribution in [0, 0.1) is 38.5 Å². The number of nitro groups is 2. The molecule has 0 aliphatic carbocycles. The largest absolute Gasteiger partial charge is 0.369 e. The zero-order valence-corrected chi connectivity index (χ0v) is 11.0. The Kier molecular flexibility index (Phi) is 4.32. The fraction of sp³-hybridized carbons (Fsp3) is 0.273. The van der Waals surface area contributed by atoms with Gasteiger partial charge in [0.1, 0.15) is 11.6 Å². The number of aliphatic imine (C=N–C) groups is 1. The Hall–Kier alpha value is -3.02. The van der Waals surface area contributed by atoms with Crippen molar-refractivity contribution < 1.29 is 9.85 Å². The van der Waals surface area contributed by atoms with Gasteiger partial charge in [0, 0.05) is 20.2 Å². The summed E-state index contributed by atoms with van der Waals surface area (Å²) in [6.07, 6.45) is 1.29. The van der Waals surface area contributed by atoms with Gasteiger partial charge in [0.15, 0.2) is 5.69 Å². The van der Waals surface area contributed by atoms with Crippen LogP contribution in [0.1, 0.15) is 11.1 Å². The van der Waals surface area contributed by atoms with Crippen LogP contribution in [0.2, 0.25) is 0 Å². The van der Waals surface area contributed by atoms with Crippen molar-refractivity contribution in [1.29, 1.82) is 5.26 Å². The first-order valence-electron chi connectivity index (χ1n) is 5.36. The SMILES string of the molecule is Cc1c([N+](=O)[O-])cc(C#N)c(/N=C/N(C)C)c1[N+](=O)[O-]. The van der Waals surface area contributed by atoms with Crippen molar-refractivity contribution in [2.24, 2.45) is 4.99 Å². The molecular formula is C11H11N5O4. The lowest BCUT2D eigenvalue weighted by Crippen LogP contribution is -2.08. The molecule has 1 aromatic rings. The van der Waals surface area contributed by atoms with Crippen LogP contribution in [0.4, 0.5) is 17.1 Å². The summed E-state index contributed by atoms with van der Waals surface area (Å²) >= 11 is 0. The summed E-state index contributed by atoms with van der Waals surface area (Å²) in [5.74, 6) is 0. The van der Waals surface area contributed by atoms with E-state index in [0.717, 1.165) is 6.07 Å². The molecule has 9 nitrogen and oxygen atoms in total. The van der Waals surface area contributed by atoms with Crippen LogP contribution in [0.3, 0.4) is 0 Å². The molecule has 0 amide bonds. The molecule has 9 heteroatoms. The summed E-state index contributed by atoms with van der Waals surface area (Å²) in [6.45, 7) is 1.26. The molecule has 0 aliphatic heterocycles. The average Bonchev–Trinajstić information content (AvgIpc) is 2.34. The standard InChI is InChI=1S/C11H11N5O4/c1-7-9(15(17)18)4-8(5-12)10(11(7)16(19)20)13-6-14(2)3/h4,6H,1-3H3/b13-6+. The Bertz CT molecular complexity index is 645. The first kappa shape index (κ1) is 15.0. The van der Waals surface area contributed by atoms with Crippen molar-refractivity contribution >= 4 is 23.4 Å². The van der Waals surface area contributed by atoms with Crippen LogP contribution < -0.4 is 0 Å². The molecule has 0 radical (unpaired) electrons. The average molecular weight is 277 g/mol. The summed E-state index contributed by atoms with van der Waals surface area (Å²) in [6, 6.07) is 2.69. The van der Waals surface area contributed by atoms with Gasteiger partial charge in [-0.15, -0.1) is 0 Å². The van der Waals surface area contributed by atoms with Gasteiger partial charge in [-0.1, -0.05) is 0 Å². The smallest absolute Gasteiger partial charge is 0.306 e. The molecule has 0 atom stereocenters. The van der Waals surface area contributed by atoms with Crippen LogP contribution in [0.25, 0.3) is 0 Å². The Morgan fingerprint density at radius 3 is 2.35 bits per heavy atom. The van der Waals surface area contributed by atoms with Crippen LogP contribution in [0.5, 0.6) is 0 Å². The third-order valence-corrected chi connectivity index (χ3v) is 2.42. The van der Waals surface area contributed by atoms with E-state index in [2.05, 4.69) is 4.99 Å². The number of rotatable bonds is 4. The van der Waals surface area contributed by atoms with Crippen LogP contribution in [-0.2, 0) is 0 Å².